The average Bonchev–Trinajstić information content (AvgIpc) is 2.37. The minimum absolute atomic E-state index is 0.0595. The molecule has 0 aromatic heterocycles. The zero-order valence-corrected chi connectivity index (χ0v) is 11.7. The van der Waals surface area contributed by atoms with Crippen LogP contribution in [0.15, 0.2) is 18.2 Å². The zero-order chi connectivity index (χ0) is 15.3. The third-order valence-corrected chi connectivity index (χ3v) is 2.83. The van der Waals surface area contributed by atoms with Crippen LogP contribution in [0.25, 0.3) is 0 Å². The first-order valence-electron chi connectivity index (χ1n) is 6.06. The number of methoxy groups -OCH3 is 1. The molecule has 0 aliphatic rings. The summed E-state index contributed by atoms with van der Waals surface area (Å²) < 4.78 is 4.87. The van der Waals surface area contributed by atoms with Gasteiger partial charge in [0, 0.05) is 23.8 Å². The number of hydrogen-bond acceptors (Lipinski definition) is 5. The van der Waals surface area contributed by atoms with Gasteiger partial charge >= 0.3 is 5.69 Å². The van der Waals surface area contributed by atoms with Gasteiger partial charge in [0.15, 0.2) is 5.75 Å². The van der Waals surface area contributed by atoms with Gasteiger partial charge in [-0.1, -0.05) is 0 Å². The molecule has 0 bridgehead atoms. The topological polar surface area (TPSA) is 102 Å². The first-order chi connectivity index (χ1) is 9.30. The largest absolute Gasteiger partial charge is 0.490 e. The van der Waals surface area contributed by atoms with E-state index in [1.54, 1.807) is 13.8 Å². The van der Waals surface area contributed by atoms with Gasteiger partial charge in [0.25, 0.3) is 5.91 Å². The van der Waals surface area contributed by atoms with Gasteiger partial charge in [0.2, 0.25) is 0 Å². The molecular formula is C13H18N2O5. The van der Waals surface area contributed by atoms with Crippen molar-refractivity contribution in [3.05, 3.63) is 33.9 Å². The molecule has 0 heterocycles. The number of nitrogens with zero attached hydrogens (tertiary/aromatic N) is 1. The summed E-state index contributed by atoms with van der Waals surface area (Å²) >= 11 is 0. The number of hydrogen-bond donors (Lipinski definition) is 2. The molecular weight excluding hydrogens is 264 g/mol. The Labute approximate surface area is 116 Å². The summed E-state index contributed by atoms with van der Waals surface area (Å²) in [5.41, 5.74) is -0.691. The molecule has 0 saturated heterocycles. The fourth-order valence-corrected chi connectivity index (χ4v) is 1.70. The van der Waals surface area contributed by atoms with Crippen molar-refractivity contribution in [1.29, 1.82) is 0 Å². The number of rotatable bonds is 6. The normalized spacial score (nSPS) is 11.0. The molecule has 7 nitrogen and oxygen atoms in total. The highest BCUT2D eigenvalue weighted by Gasteiger charge is 2.23. The van der Waals surface area contributed by atoms with Crippen LogP contribution in [0.5, 0.6) is 5.75 Å². The molecule has 7 heteroatoms. The Morgan fingerprint density at radius 1 is 1.50 bits per heavy atom. The van der Waals surface area contributed by atoms with E-state index in [2.05, 4.69) is 5.32 Å². The molecule has 0 spiro atoms. The molecule has 0 aliphatic heterocycles. The van der Waals surface area contributed by atoms with Crippen molar-refractivity contribution in [2.45, 2.75) is 25.8 Å². The van der Waals surface area contributed by atoms with Crippen LogP contribution >= 0.6 is 0 Å². The van der Waals surface area contributed by atoms with Crippen molar-refractivity contribution in [2.24, 2.45) is 0 Å². The van der Waals surface area contributed by atoms with Crippen molar-refractivity contribution < 1.29 is 19.6 Å². The molecule has 2 N–H and O–H groups in total. The monoisotopic (exact) mass is 282 g/mol. The molecule has 1 rings (SSSR count). The Balaban J connectivity index is 3.00. The van der Waals surface area contributed by atoms with Gasteiger partial charge in [-0.15, -0.1) is 0 Å². The van der Waals surface area contributed by atoms with Gasteiger partial charge in [-0.05, 0) is 32.4 Å². The molecule has 0 aliphatic carbocycles. The summed E-state index contributed by atoms with van der Waals surface area (Å²) in [7, 11) is 1.33. The lowest BCUT2D eigenvalue weighted by Crippen LogP contribution is -2.44. The molecule has 20 heavy (non-hydrogen) atoms. The molecule has 0 unspecified atom stereocenters. The second-order valence-corrected chi connectivity index (χ2v) is 4.96. The van der Waals surface area contributed by atoms with Crippen molar-refractivity contribution in [3.63, 3.8) is 0 Å². The highest BCUT2D eigenvalue weighted by molar-refractivity contribution is 5.95. The van der Waals surface area contributed by atoms with Gasteiger partial charge in [0.1, 0.15) is 0 Å². The minimum atomic E-state index is -0.603. The van der Waals surface area contributed by atoms with E-state index in [0.717, 1.165) is 0 Å². The summed E-state index contributed by atoms with van der Waals surface area (Å²) in [6.45, 7) is 3.47. The second kappa shape index (κ2) is 6.33. The van der Waals surface area contributed by atoms with Crippen LogP contribution in [0.3, 0.4) is 0 Å². The first-order valence-corrected chi connectivity index (χ1v) is 6.06. The maximum atomic E-state index is 12.1. The van der Waals surface area contributed by atoms with Crippen molar-refractivity contribution in [3.8, 4) is 5.75 Å². The Morgan fingerprint density at radius 3 is 2.65 bits per heavy atom. The van der Waals surface area contributed by atoms with E-state index in [1.807, 2.05) is 0 Å². The highest BCUT2D eigenvalue weighted by atomic mass is 16.6. The Bertz CT molecular complexity index is 513. The predicted molar refractivity (Wildman–Crippen MR) is 72.9 cm³/mol. The summed E-state index contributed by atoms with van der Waals surface area (Å²) in [6, 6.07) is 4.01. The van der Waals surface area contributed by atoms with Crippen LogP contribution in [0.4, 0.5) is 5.69 Å². The van der Waals surface area contributed by atoms with Crippen molar-refractivity contribution in [2.75, 3.05) is 13.7 Å². The smallest absolute Gasteiger partial charge is 0.311 e. The molecule has 0 atom stereocenters. The van der Waals surface area contributed by atoms with Crippen LogP contribution < -0.4 is 10.1 Å². The SMILES string of the molecule is COc1ccc(C(=O)NC(C)(C)CCO)cc1[N+](=O)[O-]. The third kappa shape index (κ3) is 3.92. The van der Waals surface area contributed by atoms with E-state index in [-0.39, 0.29) is 23.6 Å². The Kier molecular flexibility index (Phi) is 5.04. The van der Waals surface area contributed by atoms with Crippen molar-refractivity contribution in [1.82, 2.24) is 5.32 Å². The molecule has 0 saturated carbocycles. The van der Waals surface area contributed by atoms with Gasteiger partial charge in [-0.3, -0.25) is 14.9 Å². The highest BCUT2D eigenvalue weighted by Crippen LogP contribution is 2.27. The quantitative estimate of drug-likeness (QED) is 0.608. The van der Waals surface area contributed by atoms with Crippen molar-refractivity contribution >= 4 is 11.6 Å². The molecule has 1 aromatic carbocycles. The van der Waals surface area contributed by atoms with Gasteiger partial charge in [-0.2, -0.15) is 0 Å². The third-order valence-electron chi connectivity index (χ3n) is 2.83. The lowest BCUT2D eigenvalue weighted by atomic mass is 10.0. The fraction of sp³-hybridized carbons (Fsp3) is 0.462. The number of aliphatic hydroxyl groups is 1. The maximum Gasteiger partial charge on any atom is 0.311 e. The number of ether oxygens (including phenoxy) is 1. The van der Waals surface area contributed by atoms with Crippen LogP contribution in [-0.2, 0) is 0 Å². The van der Waals surface area contributed by atoms with E-state index in [1.165, 1.54) is 25.3 Å². The maximum absolute atomic E-state index is 12.1. The summed E-state index contributed by atoms with van der Waals surface area (Å²) in [4.78, 5) is 22.4. The number of nitrogens with one attached hydrogen (secondary N) is 1. The summed E-state index contributed by atoms with van der Waals surface area (Å²) in [6.07, 6.45) is 0.386. The molecule has 1 aromatic rings. The Hall–Kier alpha value is -2.15. The van der Waals surface area contributed by atoms with E-state index < -0.39 is 16.4 Å². The average molecular weight is 282 g/mol. The van der Waals surface area contributed by atoms with Crippen LogP contribution in [-0.4, -0.2) is 35.2 Å². The van der Waals surface area contributed by atoms with Crippen LogP contribution in [0.1, 0.15) is 30.6 Å². The van der Waals surface area contributed by atoms with Gasteiger partial charge in [-0.25, -0.2) is 0 Å². The Morgan fingerprint density at radius 2 is 2.15 bits per heavy atom. The zero-order valence-electron chi connectivity index (χ0n) is 11.7. The molecule has 110 valence electrons. The number of nitro groups is 1. The second-order valence-electron chi connectivity index (χ2n) is 4.96. The number of benzene rings is 1. The molecule has 1 amide bonds. The first kappa shape index (κ1) is 15.9. The number of amides is 1. The number of carbonyl (C=O) groups is 1. The lowest BCUT2D eigenvalue weighted by Gasteiger charge is -2.25. The van der Waals surface area contributed by atoms with Crippen LogP contribution in [0, 0.1) is 10.1 Å². The van der Waals surface area contributed by atoms with Gasteiger partial charge in [0.05, 0.1) is 12.0 Å². The number of aliphatic hydroxyl groups excluding tert-OH is 1. The number of nitro benzene ring substituents is 1. The van der Waals surface area contributed by atoms with E-state index in [4.69, 9.17) is 9.84 Å². The lowest BCUT2D eigenvalue weighted by molar-refractivity contribution is -0.385. The summed E-state index contributed by atoms with van der Waals surface area (Å²) in [5.74, 6) is -0.338. The minimum Gasteiger partial charge on any atom is -0.490 e. The molecule has 0 fully saturated rings. The van der Waals surface area contributed by atoms with E-state index in [0.29, 0.717) is 6.42 Å². The van der Waals surface area contributed by atoms with Gasteiger partial charge < -0.3 is 15.2 Å². The summed E-state index contributed by atoms with van der Waals surface area (Å²) in [5, 5.41) is 22.5. The van der Waals surface area contributed by atoms with E-state index >= 15 is 0 Å². The van der Waals surface area contributed by atoms with Crippen LogP contribution in [0.2, 0.25) is 0 Å². The molecule has 0 radical (unpaired) electrons. The fourth-order valence-electron chi connectivity index (χ4n) is 1.70. The van der Waals surface area contributed by atoms with E-state index in [9.17, 15) is 14.9 Å². The standard InChI is InChI=1S/C13H18N2O5/c1-13(2,6-7-16)14-12(17)9-4-5-11(20-3)10(8-9)15(18)19/h4-5,8,16H,6-7H2,1-3H3,(H,14,17). The number of carbonyl (C=O) groups excluding carboxylic acids is 1. The predicted octanol–water partition coefficient (Wildman–Crippen LogP) is 1.49.